The first kappa shape index (κ1) is 19.8. The molecule has 4 nitrogen and oxygen atoms in total. The second-order valence-electron chi connectivity index (χ2n) is 6.33. The van der Waals surface area contributed by atoms with E-state index in [0.717, 1.165) is 11.1 Å². The summed E-state index contributed by atoms with van der Waals surface area (Å²) in [5, 5.41) is 0. The minimum Gasteiger partial charge on any atom is -1.00 e. The molecule has 5 heteroatoms. The van der Waals surface area contributed by atoms with Crippen molar-refractivity contribution in [2.75, 3.05) is 13.2 Å². The molecule has 1 aliphatic rings. The van der Waals surface area contributed by atoms with Crippen molar-refractivity contribution in [3.63, 3.8) is 0 Å². The third-order valence-electron chi connectivity index (χ3n) is 4.38. The van der Waals surface area contributed by atoms with E-state index in [1.54, 1.807) is 18.2 Å². The number of pyridine rings is 1. The Labute approximate surface area is 174 Å². The maximum absolute atomic E-state index is 12.6. The maximum atomic E-state index is 12.6. The molecule has 0 unspecified atom stereocenters. The van der Waals surface area contributed by atoms with Crippen LogP contribution in [0.1, 0.15) is 21.5 Å². The molecule has 0 radical (unpaired) electrons. The van der Waals surface area contributed by atoms with Gasteiger partial charge in [-0.05, 0) is 29.3 Å². The molecule has 0 fully saturated rings. The summed E-state index contributed by atoms with van der Waals surface area (Å²) in [6.07, 6.45) is 7.96. The molecule has 2 aromatic carbocycles. The lowest BCUT2D eigenvalue weighted by molar-refractivity contribution is -0.683. The van der Waals surface area contributed by atoms with E-state index < -0.39 is 0 Å². The molecule has 28 heavy (non-hydrogen) atoms. The predicted octanol–water partition coefficient (Wildman–Crippen LogP) is 0.803. The van der Waals surface area contributed by atoms with Gasteiger partial charge in [0.2, 0.25) is 12.3 Å². The molecule has 4 rings (SSSR count). The van der Waals surface area contributed by atoms with Crippen molar-refractivity contribution in [2.24, 2.45) is 0 Å². The number of Topliss-reactive ketones (excluding diaryl/α,β-unsaturated/α-hetero) is 1. The predicted molar refractivity (Wildman–Crippen MR) is 104 cm³/mol. The van der Waals surface area contributed by atoms with Gasteiger partial charge in [0.1, 0.15) is 13.2 Å². The highest BCUT2D eigenvalue weighted by atomic mass is 79.9. The number of fused-ring (bicyclic) bond motifs is 1. The highest BCUT2D eigenvalue weighted by molar-refractivity contribution is 5.95. The van der Waals surface area contributed by atoms with Crippen LogP contribution in [0.5, 0.6) is 11.5 Å². The van der Waals surface area contributed by atoms with Crippen molar-refractivity contribution >= 4 is 17.9 Å². The molecule has 0 amide bonds. The molecule has 2 heterocycles. The Hall–Kier alpha value is -2.92. The number of carbonyl (C=O) groups is 1. The summed E-state index contributed by atoms with van der Waals surface area (Å²) in [7, 11) is 0. The van der Waals surface area contributed by atoms with Crippen molar-refractivity contribution in [1.82, 2.24) is 0 Å². The Morgan fingerprint density at radius 3 is 2.21 bits per heavy atom. The van der Waals surface area contributed by atoms with E-state index in [1.165, 1.54) is 0 Å². The van der Waals surface area contributed by atoms with Gasteiger partial charge in [0.15, 0.2) is 23.9 Å². The van der Waals surface area contributed by atoms with E-state index in [4.69, 9.17) is 9.47 Å². The van der Waals surface area contributed by atoms with Gasteiger partial charge < -0.3 is 26.5 Å². The summed E-state index contributed by atoms with van der Waals surface area (Å²) in [4.78, 5) is 12.6. The van der Waals surface area contributed by atoms with Crippen molar-refractivity contribution in [3.05, 3.63) is 89.7 Å². The van der Waals surface area contributed by atoms with Crippen LogP contribution in [0.2, 0.25) is 0 Å². The van der Waals surface area contributed by atoms with E-state index in [2.05, 4.69) is 24.3 Å². The Morgan fingerprint density at radius 1 is 0.857 bits per heavy atom. The monoisotopic (exact) mass is 437 g/mol. The number of hydrogen-bond acceptors (Lipinski definition) is 3. The van der Waals surface area contributed by atoms with Crippen LogP contribution in [0.25, 0.3) is 12.2 Å². The number of halogens is 1. The first-order valence-electron chi connectivity index (χ1n) is 8.93. The molecule has 142 valence electrons. The van der Waals surface area contributed by atoms with Gasteiger partial charge in [-0.25, -0.2) is 0 Å². The molecule has 0 spiro atoms. The van der Waals surface area contributed by atoms with Gasteiger partial charge in [0.25, 0.3) is 0 Å². The summed E-state index contributed by atoms with van der Waals surface area (Å²) >= 11 is 0. The molecule has 0 saturated heterocycles. The number of hydrogen-bond donors (Lipinski definition) is 0. The fourth-order valence-electron chi connectivity index (χ4n) is 2.92. The van der Waals surface area contributed by atoms with Crippen LogP contribution < -0.4 is 31.0 Å². The second kappa shape index (κ2) is 9.33. The third kappa shape index (κ3) is 4.87. The molecule has 0 aliphatic carbocycles. The zero-order valence-corrected chi connectivity index (χ0v) is 16.8. The highest BCUT2D eigenvalue weighted by Crippen LogP contribution is 2.30. The maximum Gasteiger partial charge on any atom is 0.227 e. The van der Waals surface area contributed by atoms with Crippen LogP contribution in [0.4, 0.5) is 0 Å². The lowest BCUT2D eigenvalue weighted by Gasteiger charge is -2.18. The number of rotatable bonds is 5. The van der Waals surface area contributed by atoms with Gasteiger partial charge in [0, 0.05) is 17.7 Å². The van der Waals surface area contributed by atoms with Crippen LogP contribution in [0, 0.1) is 0 Å². The van der Waals surface area contributed by atoms with Crippen molar-refractivity contribution in [2.45, 2.75) is 6.54 Å². The van der Waals surface area contributed by atoms with Crippen molar-refractivity contribution in [1.29, 1.82) is 0 Å². The van der Waals surface area contributed by atoms with Gasteiger partial charge >= 0.3 is 0 Å². The first-order valence-corrected chi connectivity index (χ1v) is 8.93. The van der Waals surface area contributed by atoms with E-state index in [0.29, 0.717) is 30.3 Å². The van der Waals surface area contributed by atoms with Crippen LogP contribution in [0.15, 0.2) is 73.1 Å². The summed E-state index contributed by atoms with van der Waals surface area (Å²) in [5.74, 6) is 1.36. The largest absolute Gasteiger partial charge is 1.00 e. The van der Waals surface area contributed by atoms with E-state index in [9.17, 15) is 4.79 Å². The smallest absolute Gasteiger partial charge is 0.227 e. The summed E-state index contributed by atoms with van der Waals surface area (Å²) < 4.78 is 12.9. The number of ether oxygens (including phenoxy) is 2. The minimum absolute atomic E-state index is 0. The van der Waals surface area contributed by atoms with Crippen LogP contribution in [0.3, 0.4) is 0 Å². The van der Waals surface area contributed by atoms with Crippen molar-refractivity contribution < 1.29 is 35.8 Å². The van der Waals surface area contributed by atoms with Crippen LogP contribution in [-0.2, 0) is 6.54 Å². The van der Waals surface area contributed by atoms with Crippen molar-refractivity contribution in [3.8, 4) is 11.5 Å². The molecular formula is C23H20BrNO3. The normalized spacial score (nSPS) is 12.4. The molecule has 3 aromatic rings. The van der Waals surface area contributed by atoms with Gasteiger partial charge in [-0.15, -0.1) is 0 Å². The van der Waals surface area contributed by atoms with Gasteiger partial charge in [-0.3, -0.25) is 4.79 Å². The average Bonchev–Trinajstić information content (AvgIpc) is 2.73. The van der Waals surface area contributed by atoms with Crippen LogP contribution >= 0.6 is 0 Å². The topological polar surface area (TPSA) is 39.4 Å². The SMILES string of the molecule is O=C(C[n+]1ccc(/C=C/c2ccccc2)cc1)c1ccc2c(c1)OCCO2.[Br-]. The van der Waals surface area contributed by atoms with Gasteiger partial charge in [0.05, 0.1) is 0 Å². The lowest BCUT2D eigenvalue weighted by atomic mass is 10.1. The van der Waals surface area contributed by atoms with E-state index in [-0.39, 0.29) is 29.3 Å². The minimum atomic E-state index is 0. The second-order valence-corrected chi connectivity index (χ2v) is 6.33. The molecule has 0 bridgehead atoms. The molecule has 1 aliphatic heterocycles. The first-order chi connectivity index (χ1) is 13.3. The fourth-order valence-corrected chi connectivity index (χ4v) is 2.92. The number of nitrogens with zero attached hydrogens (tertiary/aromatic N) is 1. The Balaban J connectivity index is 0.00000225. The quantitative estimate of drug-likeness (QED) is 0.437. The summed E-state index contributed by atoms with van der Waals surface area (Å²) in [6.45, 7) is 1.33. The molecule has 0 N–H and O–H groups in total. The summed E-state index contributed by atoms with van der Waals surface area (Å²) in [5.41, 5.74) is 2.87. The lowest BCUT2D eigenvalue weighted by Crippen LogP contribution is -3.00. The molecular weight excluding hydrogens is 418 g/mol. The molecule has 0 saturated carbocycles. The Bertz CT molecular complexity index is 969. The number of benzene rings is 2. The van der Waals surface area contributed by atoms with Crippen LogP contribution in [-0.4, -0.2) is 19.0 Å². The number of ketones is 1. The number of aromatic nitrogens is 1. The van der Waals surface area contributed by atoms with Gasteiger partial charge in [-0.1, -0.05) is 42.5 Å². The zero-order valence-electron chi connectivity index (χ0n) is 15.3. The molecule has 1 aromatic heterocycles. The highest BCUT2D eigenvalue weighted by Gasteiger charge is 2.17. The number of carbonyl (C=O) groups excluding carboxylic acids is 1. The standard InChI is InChI=1S/C23H20NO3.BrH/c25-21(20-8-9-22-23(16-20)27-15-14-26-22)17-24-12-10-19(11-13-24)7-6-18-4-2-1-3-5-18;/h1-13,16H,14-15,17H2;1H/q+1;/p-1/b7-6+;. The zero-order chi connectivity index (χ0) is 18.5. The van der Waals surface area contributed by atoms with E-state index in [1.807, 2.05) is 47.3 Å². The van der Waals surface area contributed by atoms with E-state index >= 15 is 0 Å². The average molecular weight is 438 g/mol. The summed E-state index contributed by atoms with van der Waals surface area (Å²) in [6, 6.07) is 19.5. The third-order valence-corrected chi connectivity index (χ3v) is 4.38. The Kier molecular flexibility index (Phi) is 6.61. The fraction of sp³-hybridized carbons (Fsp3) is 0.130. The molecule has 0 atom stereocenters. The Morgan fingerprint density at radius 2 is 1.50 bits per heavy atom. The van der Waals surface area contributed by atoms with Gasteiger partial charge in [-0.2, -0.15) is 4.57 Å².